The fourth-order valence-corrected chi connectivity index (χ4v) is 4.51. The molecule has 94 valence electrons. The van der Waals surface area contributed by atoms with E-state index >= 15 is 0 Å². The topological polar surface area (TPSA) is 40.2 Å². The second-order valence-corrected chi connectivity index (χ2v) is 6.80. The predicted octanol–water partition coefficient (Wildman–Crippen LogP) is 0.268. The molecule has 2 bridgehead atoms. The Morgan fingerprint density at radius 3 is 3.19 bits per heavy atom. The predicted molar refractivity (Wildman–Crippen MR) is 61.1 cm³/mol. The van der Waals surface area contributed by atoms with Crippen molar-refractivity contribution in [2.75, 3.05) is 46.2 Å². The molecule has 0 aromatic rings. The zero-order chi connectivity index (χ0) is 11.4. The third-order valence-electron chi connectivity index (χ3n) is 2.81. The lowest BCUT2D eigenvalue weighted by atomic mass is 10.3. The van der Waals surface area contributed by atoms with Crippen LogP contribution in [0.25, 0.3) is 0 Å². The van der Waals surface area contributed by atoms with E-state index in [-0.39, 0.29) is 6.10 Å². The maximum Gasteiger partial charge on any atom is 0.528 e. The highest BCUT2D eigenvalue weighted by Crippen LogP contribution is 2.20. The lowest BCUT2D eigenvalue weighted by molar-refractivity contribution is -0.0663. The third-order valence-corrected chi connectivity index (χ3v) is 5.44. The summed E-state index contributed by atoms with van der Waals surface area (Å²) >= 11 is 0. The summed E-state index contributed by atoms with van der Waals surface area (Å²) in [6.07, 6.45) is 1.62. The first-order valence-electron chi connectivity index (χ1n) is 5.96. The molecule has 2 aliphatic rings. The quantitative estimate of drug-likeness (QED) is 0.655. The number of likely N-dealkylation sites (N-methyl/N-ethyl adjacent to an activating group) is 1. The Morgan fingerprint density at radius 1 is 1.50 bits per heavy atom. The summed E-state index contributed by atoms with van der Waals surface area (Å²) < 4.78 is 23.2. The normalized spacial score (nSPS) is 37.5. The molecule has 0 aromatic carbocycles. The summed E-state index contributed by atoms with van der Waals surface area (Å²) in [5, 5.41) is 0. The molecule has 2 unspecified atom stereocenters. The lowest BCUT2D eigenvalue weighted by Crippen LogP contribution is -2.58. The van der Waals surface area contributed by atoms with E-state index in [0.29, 0.717) is 26.1 Å². The largest absolute Gasteiger partial charge is 0.528 e. The number of hydrogen-bond donors (Lipinski definition) is 0. The molecule has 2 heterocycles. The molecule has 0 aliphatic carbocycles. The highest BCUT2D eigenvalue weighted by Gasteiger charge is 2.47. The summed E-state index contributed by atoms with van der Waals surface area (Å²) in [6, 6.07) is 0. The van der Waals surface area contributed by atoms with Crippen molar-refractivity contribution in [2.45, 2.75) is 19.4 Å². The van der Waals surface area contributed by atoms with Crippen molar-refractivity contribution in [3.63, 3.8) is 0 Å². The summed E-state index contributed by atoms with van der Waals surface area (Å²) in [4.78, 5) is 2.26. The molecule has 16 heavy (non-hydrogen) atoms. The van der Waals surface area contributed by atoms with E-state index in [1.165, 1.54) is 0 Å². The summed E-state index contributed by atoms with van der Waals surface area (Å²) in [5.74, 6) is 0. The first-order chi connectivity index (χ1) is 7.74. The monoisotopic (exact) mass is 247 g/mol. The van der Waals surface area contributed by atoms with E-state index in [1.54, 1.807) is 0 Å². The smallest absolute Gasteiger partial charge is 0.374 e. The van der Waals surface area contributed by atoms with Crippen molar-refractivity contribution in [3.8, 4) is 0 Å². The minimum Gasteiger partial charge on any atom is -0.374 e. The molecule has 0 aromatic heterocycles. The van der Waals surface area contributed by atoms with Crippen LogP contribution >= 0.6 is 0 Å². The SMILES string of the molecule is CCO[Si]12COCC(CN(C)CCCO1)O2. The third kappa shape index (κ3) is 3.03. The van der Waals surface area contributed by atoms with Gasteiger partial charge in [0.05, 0.1) is 12.7 Å². The average molecular weight is 247 g/mol. The Labute approximate surface area is 98.0 Å². The van der Waals surface area contributed by atoms with E-state index in [0.717, 1.165) is 19.5 Å². The second kappa shape index (κ2) is 5.57. The van der Waals surface area contributed by atoms with Gasteiger partial charge < -0.3 is 22.9 Å². The number of ether oxygens (including phenoxy) is 1. The van der Waals surface area contributed by atoms with Crippen molar-refractivity contribution in [3.05, 3.63) is 0 Å². The molecule has 0 radical (unpaired) electrons. The molecule has 0 spiro atoms. The molecule has 2 fully saturated rings. The molecule has 2 atom stereocenters. The van der Waals surface area contributed by atoms with E-state index in [2.05, 4.69) is 11.9 Å². The first kappa shape index (κ1) is 12.5. The Hall–Kier alpha value is 0.0169. The van der Waals surface area contributed by atoms with Gasteiger partial charge >= 0.3 is 8.80 Å². The van der Waals surface area contributed by atoms with Crippen LogP contribution in [0.1, 0.15) is 13.3 Å². The van der Waals surface area contributed by atoms with Crippen LogP contribution in [0.4, 0.5) is 0 Å². The number of rotatable bonds is 2. The molecule has 2 aliphatic heterocycles. The van der Waals surface area contributed by atoms with Crippen molar-refractivity contribution in [1.82, 2.24) is 4.90 Å². The zero-order valence-corrected chi connectivity index (χ0v) is 11.1. The fraction of sp³-hybridized carbons (Fsp3) is 1.00. The minimum atomic E-state index is -2.53. The summed E-state index contributed by atoms with van der Waals surface area (Å²) in [7, 11) is -0.422. The van der Waals surface area contributed by atoms with E-state index < -0.39 is 8.80 Å². The number of hydrogen-bond acceptors (Lipinski definition) is 5. The van der Waals surface area contributed by atoms with Gasteiger partial charge in [-0.25, -0.2) is 0 Å². The van der Waals surface area contributed by atoms with Gasteiger partial charge in [-0.3, -0.25) is 0 Å². The number of fused-ring (bicyclic) bond motifs is 2. The van der Waals surface area contributed by atoms with Crippen LogP contribution in [0, 0.1) is 0 Å². The Bertz CT molecular complexity index is 227. The van der Waals surface area contributed by atoms with Gasteiger partial charge in [0.2, 0.25) is 0 Å². The van der Waals surface area contributed by atoms with Crippen molar-refractivity contribution < 1.29 is 18.0 Å². The fourth-order valence-electron chi connectivity index (χ4n) is 2.14. The van der Waals surface area contributed by atoms with Crippen LogP contribution in [-0.2, 0) is 18.0 Å². The molecule has 0 amide bonds. The average Bonchev–Trinajstić information content (AvgIpc) is 2.29. The van der Waals surface area contributed by atoms with Crippen LogP contribution in [0.15, 0.2) is 0 Å². The van der Waals surface area contributed by atoms with Crippen LogP contribution in [0.2, 0.25) is 0 Å². The van der Waals surface area contributed by atoms with Crippen LogP contribution in [0.5, 0.6) is 0 Å². The maximum atomic E-state index is 6.03. The van der Waals surface area contributed by atoms with Crippen molar-refractivity contribution >= 4 is 8.80 Å². The van der Waals surface area contributed by atoms with Gasteiger partial charge in [-0.1, -0.05) is 0 Å². The Morgan fingerprint density at radius 2 is 2.38 bits per heavy atom. The van der Waals surface area contributed by atoms with Crippen LogP contribution < -0.4 is 0 Å². The van der Waals surface area contributed by atoms with Gasteiger partial charge in [0.1, 0.15) is 6.23 Å². The standard InChI is InChI=1S/C10H21NO4Si/c1-3-13-16-9-12-8-10(15-16)7-11(2)5-4-6-14-16/h10H,3-9H2,1-2H3. The lowest BCUT2D eigenvalue weighted by Gasteiger charge is -2.36. The van der Waals surface area contributed by atoms with Gasteiger partial charge in [0.25, 0.3) is 0 Å². The van der Waals surface area contributed by atoms with Gasteiger partial charge in [-0.15, -0.1) is 0 Å². The van der Waals surface area contributed by atoms with Crippen LogP contribution in [-0.4, -0.2) is 66.0 Å². The van der Waals surface area contributed by atoms with E-state index in [1.807, 2.05) is 6.92 Å². The van der Waals surface area contributed by atoms with Gasteiger partial charge in [0.15, 0.2) is 0 Å². The molecule has 2 saturated heterocycles. The van der Waals surface area contributed by atoms with Gasteiger partial charge in [-0.05, 0) is 20.4 Å². The second-order valence-electron chi connectivity index (χ2n) is 4.34. The van der Waals surface area contributed by atoms with Gasteiger partial charge in [0, 0.05) is 26.3 Å². The molecular formula is C10H21NO4Si. The highest BCUT2D eigenvalue weighted by molar-refractivity contribution is 6.60. The van der Waals surface area contributed by atoms with Gasteiger partial charge in [-0.2, -0.15) is 0 Å². The summed E-state index contributed by atoms with van der Waals surface area (Å²) in [5.41, 5.74) is 0. The molecule has 2 rings (SSSR count). The Balaban J connectivity index is 2.05. The van der Waals surface area contributed by atoms with Crippen LogP contribution in [0.3, 0.4) is 0 Å². The highest BCUT2D eigenvalue weighted by atomic mass is 28.4. The van der Waals surface area contributed by atoms with Crippen molar-refractivity contribution in [2.24, 2.45) is 0 Å². The molecular weight excluding hydrogens is 226 g/mol. The minimum absolute atomic E-state index is 0.0927. The summed E-state index contributed by atoms with van der Waals surface area (Å²) in [6.45, 7) is 5.87. The molecule has 0 saturated carbocycles. The Kier molecular flexibility index (Phi) is 4.34. The molecule has 5 nitrogen and oxygen atoms in total. The van der Waals surface area contributed by atoms with E-state index in [9.17, 15) is 0 Å². The first-order valence-corrected chi connectivity index (χ1v) is 7.89. The van der Waals surface area contributed by atoms with Crippen molar-refractivity contribution in [1.29, 1.82) is 0 Å². The molecule has 0 N–H and O–H groups in total. The van der Waals surface area contributed by atoms with E-state index in [4.69, 9.17) is 18.0 Å². The zero-order valence-electron chi connectivity index (χ0n) is 10.1. The molecule has 6 heteroatoms. The maximum absolute atomic E-state index is 6.03. The number of nitrogens with zero attached hydrogens (tertiary/aromatic N) is 1.